The van der Waals surface area contributed by atoms with Crippen LogP contribution in [0.15, 0.2) is 0 Å². The molecule has 2 saturated carbocycles. The first-order valence-corrected chi connectivity index (χ1v) is 11.3. The van der Waals surface area contributed by atoms with Gasteiger partial charge in [-0.05, 0) is 53.9 Å². The quantitative estimate of drug-likeness (QED) is 0.377. The van der Waals surface area contributed by atoms with E-state index in [-0.39, 0.29) is 40.5 Å². The lowest BCUT2D eigenvalue weighted by molar-refractivity contribution is -0.705. The second-order valence-electron chi connectivity index (χ2n) is 11.4. The Bertz CT molecular complexity index is 602. The Labute approximate surface area is 177 Å². The molecule has 0 aromatic rings. The third-order valence-electron chi connectivity index (χ3n) is 9.13. The smallest absolute Gasteiger partial charge is 0.110 e. The van der Waals surface area contributed by atoms with E-state index in [1.807, 2.05) is 16.0 Å². The molecule has 170 valence electrons. The highest BCUT2D eigenvalue weighted by Gasteiger charge is 2.64. The van der Waals surface area contributed by atoms with E-state index in [1.165, 1.54) is 0 Å². The van der Waals surface area contributed by atoms with Crippen LogP contribution in [0.4, 0.5) is 0 Å². The molecule has 3 rings (SSSR count). The predicted octanol–water partition coefficient (Wildman–Crippen LogP) is -0.947. The summed E-state index contributed by atoms with van der Waals surface area (Å²) >= 11 is 0. The van der Waals surface area contributed by atoms with Crippen molar-refractivity contribution in [2.45, 2.75) is 107 Å². The topological polar surface area (TPSA) is 99.5 Å². The number of fused-ring (bicyclic) bond motifs is 1. The first kappa shape index (κ1) is 23.4. The normalized spacial score (nSPS) is 51.1. The minimum absolute atomic E-state index is 0.0471. The SMILES string of the molecule is [CH2-][NH2+]C(C)(C)[C@@H]1CC[C@](C)([C@@H]2[C@H]3[C@H](O)[C@@](C)([NH2+][CH2-])CC[C@@H]3[C@@](C)([NH2+][CH2-])C[C@@H]2O)O1. The van der Waals surface area contributed by atoms with Gasteiger partial charge in [0.15, 0.2) is 0 Å². The number of nitrogens with two attached hydrogens (primary N) is 3. The summed E-state index contributed by atoms with van der Waals surface area (Å²) in [5.74, 6) is 0.123. The third kappa shape index (κ3) is 3.68. The molecule has 3 aliphatic rings. The highest BCUT2D eigenvalue weighted by atomic mass is 16.5. The third-order valence-corrected chi connectivity index (χ3v) is 9.13. The number of ether oxygens (including phenoxy) is 1. The van der Waals surface area contributed by atoms with E-state index in [9.17, 15) is 10.2 Å². The van der Waals surface area contributed by atoms with Crippen molar-refractivity contribution in [1.29, 1.82) is 0 Å². The summed E-state index contributed by atoms with van der Waals surface area (Å²) < 4.78 is 6.72. The first-order valence-electron chi connectivity index (χ1n) is 11.3. The Kier molecular flexibility index (Phi) is 6.23. The fraction of sp³-hybridized carbons (Fsp3) is 0.870. The zero-order chi connectivity index (χ0) is 21.8. The molecule has 1 aliphatic heterocycles. The van der Waals surface area contributed by atoms with E-state index in [0.717, 1.165) is 25.7 Å². The largest absolute Gasteiger partial charge is 0.474 e. The van der Waals surface area contributed by atoms with E-state index in [1.54, 1.807) is 0 Å². The highest BCUT2D eigenvalue weighted by Crippen LogP contribution is 2.55. The maximum Gasteiger partial charge on any atom is 0.110 e. The molecule has 6 nitrogen and oxygen atoms in total. The van der Waals surface area contributed by atoms with E-state index >= 15 is 0 Å². The number of aliphatic hydroxyl groups is 2. The summed E-state index contributed by atoms with van der Waals surface area (Å²) in [5, 5.41) is 28.9. The summed E-state index contributed by atoms with van der Waals surface area (Å²) in [6.45, 7) is 10.8. The van der Waals surface area contributed by atoms with Crippen LogP contribution in [0.5, 0.6) is 0 Å². The van der Waals surface area contributed by atoms with Crippen LogP contribution in [0.25, 0.3) is 0 Å². The Morgan fingerprint density at radius 2 is 1.59 bits per heavy atom. The molecule has 3 fully saturated rings. The van der Waals surface area contributed by atoms with Gasteiger partial charge in [0.1, 0.15) is 12.2 Å². The highest BCUT2D eigenvalue weighted by molar-refractivity contribution is 5.12. The van der Waals surface area contributed by atoms with E-state index < -0.39 is 17.8 Å². The molecule has 0 unspecified atom stereocenters. The molecule has 0 spiro atoms. The molecule has 29 heavy (non-hydrogen) atoms. The molecule has 8 N–H and O–H groups in total. The zero-order valence-electron chi connectivity index (χ0n) is 19.2. The van der Waals surface area contributed by atoms with Crippen molar-refractivity contribution in [3.63, 3.8) is 0 Å². The molecule has 1 saturated heterocycles. The second-order valence-corrected chi connectivity index (χ2v) is 11.4. The summed E-state index contributed by atoms with van der Waals surface area (Å²) in [6, 6.07) is 0. The van der Waals surface area contributed by atoms with Gasteiger partial charge in [0.2, 0.25) is 0 Å². The second kappa shape index (κ2) is 7.72. The van der Waals surface area contributed by atoms with Crippen LogP contribution in [-0.2, 0) is 4.74 Å². The van der Waals surface area contributed by atoms with E-state index in [0.29, 0.717) is 6.42 Å². The fourth-order valence-electron chi connectivity index (χ4n) is 6.70. The molecular formula is C23H45N3O3. The maximum atomic E-state index is 11.6. The lowest BCUT2D eigenvalue weighted by Gasteiger charge is -2.60. The summed E-state index contributed by atoms with van der Waals surface area (Å²) in [6.07, 6.45) is 3.43. The molecule has 9 atom stereocenters. The van der Waals surface area contributed by atoms with Gasteiger partial charge < -0.3 is 30.9 Å². The van der Waals surface area contributed by atoms with Gasteiger partial charge in [0.25, 0.3) is 0 Å². The van der Waals surface area contributed by atoms with Crippen molar-refractivity contribution < 1.29 is 30.9 Å². The summed E-state index contributed by atoms with van der Waals surface area (Å²) in [5.41, 5.74) is -1.10. The van der Waals surface area contributed by atoms with Crippen LogP contribution >= 0.6 is 0 Å². The van der Waals surface area contributed by atoms with Crippen LogP contribution in [0, 0.1) is 38.9 Å². The van der Waals surface area contributed by atoms with Gasteiger partial charge in [0.05, 0.1) is 28.3 Å². The minimum atomic E-state index is -0.551. The van der Waals surface area contributed by atoms with Gasteiger partial charge in [-0.2, -0.15) is 21.1 Å². The van der Waals surface area contributed by atoms with Crippen molar-refractivity contribution in [1.82, 2.24) is 0 Å². The Morgan fingerprint density at radius 1 is 0.966 bits per heavy atom. The first-order chi connectivity index (χ1) is 13.4. The predicted molar refractivity (Wildman–Crippen MR) is 112 cm³/mol. The summed E-state index contributed by atoms with van der Waals surface area (Å²) in [7, 11) is 12.1. The molecule has 0 amide bonds. The number of aliphatic hydroxyl groups excluding tert-OH is 2. The Hall–Kier alpha value is -0.240. The number of quaternary nitrogens is 3. The monoisotopic (exact) mass is 411 g/mol. The lowest BCUT2D eigenvalue weighted by atomic mass is 9.50. The molecule has 0 aromatic carbocycles. The molecule has 6 heteroatoms. The average Bonchev–Trinajstić information content (AvgIpc) is 3.08. The lowest BCUT2D eigenvalue weighted by Crippen LogP contribution is -2.99. The van der Waals surface area contributed by atoms with Gasteiger partial charge in [-0.15, -0.1) is 0 Å². The van der Waals surface area contributed by atoms with Crippen molar-refractivity contribution in [2.75, 3.05) is 0 Å². The van der Waals surface area contributed by atoms with Gasteiger partial charge in [-0.3, -0.25) is 0 Å². The molecule has 0 bridgehead atoms. The molecular weight excluding hydrogens is 366 g/mol. The van der Waals surface area contributed by atoms with Gasteiger partial charge in [0, 0.05) is 30.6 Å². The zero-order valence-corrected chi connectivity index (χ0v) is 19.2. The van der Waals surface area contributed by atoms with Crippen LogP contribution in [0.3, 0.4) is 0 Å². The molecule has 0 radical (unpaired) electrons. The number of rotatable bonds is 5. The van der Waals surface area contributed by atoms with Crippen molar-refractivity contribution >= 4 is 0 Å². The maximum absolute atomic E-state index is 11.6. The molecule has 2 aliphatic carbocycles. The van der Waals surface area contributed by atoms with Crippen molar-refractivity contribution in [3.8, 4) is 0 Å². The Morgan fingerprint density at radius 3 is 2.14 bits per heavy atom. The van der Waals surface area contributed by atoms with Crippen molar-refractivity contribution in [2.24, 2.45) is 17.8 Å². The van der Waals surface area contributed by atoms with Crippen LogP contribution in [0.2, 0.25) is 0 Å². The molecule has 0 aromatic heterocycles. The van der Waals surface area contributed by atoms with Gasteiger partial charge in [-0.1, -0.05) is 0 Å². The standard InChI is InChI=1S/C23H45N3O3/c1-20(2,24-6)16-10-12-23(5,29-16)18-15(27)13-22(4,26-8)14-9-11-21(3,25-7)19(28)17(14)18/h14-19,27-28H,6-13,24-26H2,1-5H3/t14-,15-,16-,17-,18-,19-,21-,22-,23+/m0/s1. The van der Waals surface area contributed by atoms with Gasteiger partial charge >= 0.3 is 0 Å². The van der Waals surface area contributed by atoms with Crippen LogP contribution in [0.1, 0.15) is 66.7 Å². The number of hydrogen-bond acceptors (Lipinski definition) is 3. The fourth-order valence-corrected chi connectivity index (χ4v) is 6.70. The van der Waals surface area contributed by atoms with E-state index in [2.05, 4.69) is 55.8 Å². The van der Waals surface area contributed by atoms with Crippen LogP contribution < -0.4 is 16.0 Å². The minimum Gasteiger partial charge on any atom is -0.474 e. The number of hydrogen-bond donors (Lipinski definition) is 5. The van der Waals surface area contributed by atoms with Crippen LogP contribution in [-0.4, -0.2) is 50.7 Å². The molecule has 1 heterocycles. The van der Waals surface area contributed by atoms with Crippen molar-refractivity contribution in [3.05, 3.63) is 21.1 Å². The Balaban J connectivity index is 1.99. The van der Waals surface area contributed by atoms with Gasteiger partial charge in [-0.25, -0.2) is 0 Å². The average molecular weight is 412 g/mol. The van der Waals surface area contributed by atoms with E-state index in [4.69, 9.17) is 4.74 Å². The summed E-state index contributed by atoms with van der Waals surface area (Å²) in [4.78, 5) is 0.